The minimum atomic E-state index is 0.806. The molecule has 0 aliphatic heterocycles. The summed E-state index contributed by atoms with van der Waals surface area (Å²) in [4.78, 5) is 0. The molecule has 1 nitrogen and oxygen atoms in total. The predicted octanol–water partition coefficient (Wildman–Crippen LogP) is 1.87. The molecule has 0 bridgehead atoms. The summed E-state index contributed by atoms with van der Waals surface area (Å²) in [6, 6.07) is 3.86. The Labute approximate surface area is 67.2 Å². The predicted molar refractivity (Wildman–Crippen MR) is 48.3 cm³/mol. The molecule has 0 radical (unpaired) electrons. The summed E-state index contributed by atoms with van der Waals surface area (Å²) in [5.74, 6) is 2.58. The van der Waals surface area contributed by atoms with Crippen molar-refractivity contribution < 1.29 is 0 Å². The van der Waals surface area contributed by atoms with E-state index in [0.717, 1.165) is 22.4 Å². The van der Waals surface area contributed by atoms with Crippen LogP contribution in [0, 0.1) is 26.2 Å². The number of benzene rings is 1. The van der Waals surface area contributed by atoms with Crippen LogP contribution in [0.4, 0.5) is 5.69 Å². The summed E-state index contributed by atoms with van der Waals surface area (Å²) in [6.45, 7) is 3.92. The number of hydrogen-bond donors (Lipinski definition) is 1. The van der Waals surface area contributed by atoms with E-state index < -0.39 is 0 Å². The van der Waals surface area contributed by atoms with E-state index in [1.807, 2.05) is 26.0 Å². The van der Waals surface area contributed by atoms with Crippen molar-refractivity contribution in [3.05, 3.63) is 28.8 Å². The molecular weight excluding hydrogens is 134 g/mol. The van der Waals surface area contributed by atoms with Gasteiger partial charge in [0.15, 0.2) is 0 Å². The smallest absolute Gasteiger partial charge is 0.0385 e. The number of terminal acetylenes is 1. The Morgan fingerprint density at radius 1 is 1.36 bits per heavy atom. The molecule has 0 amide bonds. The van der Waals surface area contributed by atoms with Crippen LogP contribution in [0.5, 0.6) is 0 Å². The molecule has 1 heteroatoms. The SMILES string of the molecule is C#Cc1ccc(C)c(N)c1C. The van der Waals surface area contributed by atoms with Crippen LogP contribution in [0.25, 0.3) is 0 Å². The maximum absolute atomic E-state index is 5.76. The number of nitrogens with two attached hydrogens (primary N) is 1. The number of hydrogen-bond acceptors (Lipinski definition) is 1. The first-order valence-electron chi connectivity index (χ1n) is 3.49. The molecule has 0 spiro atoms. The van der Waals surface area contributed by atoms with Crippen LogP contribution in [-0.4, -0.2) is 0 Å². The fraction of sp³-hybridized carbons (Fsp3) is 0.200. The highest BCUT2D eigenvalue weighted by molar-refractivity contribution is 5.59. The Morgan fingerprint density at radius 2 is 2.00 bits per heavy atom. The average Bonchev–Trinajstić information content (AvgIpc) is 2.01. The molecule has 1 aromatic carbocycles. The summed E-state index contributed by atoms with van der Waals surface area (Å²) < 4.78 is 0. The van der Waals surface area contributed by atoms with Gasteiger partial charge in [0.1, 0.15) is 0 Å². The summed E-state index contributed by atoms with van der Waals surface area (Å²) >= 11 is 0. The number of aryl methyl sites for hydroxylation is 1. The van der Waals surface area contributed by atoms with Gasteiger partial charge < -0.3 is 5.73 Å². The molecule has 0 heterocycles. The van der Waals surface area contributed by atoms with E-state index >= 15 is 0 Å². The highest BCUT2D eigenvalue weighted by Gasteiger charge is 2.00. The van der Waals surface area contributed by atoms with Crippen LogP contribution in [0.2, 0.25) is 0 Å². The zero-order valence-electron chi connectivity index (χ0n) is 6.81. The Balaban J connectivity index is 3.40. The van der Waals surface area contributed by atoms with E-state index in [4.69, 9.17) is 12.2 Å². The van der Waals surface area contributed by atoms with E-state index in [1.165, 1.54) is 0 Å². The fourth-order valence-corrected chi connectivity index (χ4v) is 1.02. The van der Waals surface area contributed by atoms with Crippen molar-refractivity contribution in [1.82, 2.24) is 0 Å². The zero-order valence-corrected chi connectivity index (χ0v) is 6.81. The number of rotatable bonds is 0. The van der Waals surface area contributed by atoms with Crippen molar-refractivity contribution in [1.29, 1.82) is 0 Å². The topological polar surface area (TPSA) is 26.0 Å². The number of nitrogen functional groups attached to an aromatic ring is 1. The molecule has 0 aliphatic rings. The standard InChI is InChI=1S/C10H11N/c1-4-9-6-5-7(2)10(11)8(9)3/h1,5-6H,11H2,2-3H3. The van der Waals surface area contributed by atoms with E-state index in [9.17, 15) is 0 Å². The molecule has 11 heavy (non-hydrogen) atoms. The van der Waals surface area contributed by atoms with Crippen molar-refractivity contribution in [2.45, 2.75) is 13.8 Å². The first-order valence-corrected chi connectivity index (χ1v) is 3.49. The van der Waals surface area contributed by atoms with E-state index in [2.05, 4.69) is 5.92 Å². The third-order valence-corrected chi connectivity index (χ3v) is 1.89. The number of anilines is 1. The first kappa shape index (κ1) is 7.68. The molecule has 0 fully saturated rings. The molecule has 1 aromatic rings. The lowest BCUT2D eigenvalue weighted by Crippen LogP contribution is -1.95. The molecule has 0 unspecified atom stereocenters. The minimum absolute atomic E-state index is 0.806. The van der Waals surface area contributed by atoms with E-state index in [-0.39, 0.29) is 0 Å². The minimum Gasteiger partial charge on any atom is -0.398 e. The van der Waals surface area contributed by atoms with Crippen molar-refractivity contribution in [3.63, 3.8) is 0 Å². The lowest BCUT2D eigenvalue weighted by molar-refractivity contribution is 1.37. The Bertz CT molecular complexity index is 318. The summed E-state index contributed by atoms with van der Waals surface area (Å²) in [5.41, 5.74) is 9.54. The summed E-state index contributed by atoms with van der Waals surface area (Å²) in [7, 11) is 0. The third kappa shape index (κ3) is 1.20. The Kier molecular flexibility index (Phi) is 1.87. The largest absolute Gasteiger partial charge is 0.398 e. The lowest BCUT2D eigenvalue weighted by Gasteiger charge is -2.05. The van der Waals surface area contributed by atoms with Gasteiger partial charge in [-0.3, -0.25) is 0 Å². The van der Waals surface area contributed by atoms with Crippen molar-refractivity contribution in [2.24, 2.45) is 0 Å². The fourth-order valence-electron chi connectivity index (χ4n) is 1.02. The highest BCUT2D eigenvalue weighted by Crippen LogP contribution is 2.18. The van der Waals surface area contributed by atoms with Crippen molar-refractivity contribution >= 4 is 5.69 Å². The molecular formula is C10H11N. The zero-order chi connectivity index (χ0) is 8.43. The second-order valence-electron chi connectivity index (χ2n) is 2.61. The normalized spacial score (nSPS) is 9.18. The van der Waals surface area contributed by atoms with Gasteiger partial charge in [0.25, 0.3) is 0 Å². The molecule has 0 aliphatic carbocycles. The average molecular weight is 145 g/mol. The Hall–Kier alpha value is -1.42. The van der Waals surface area contributed by atoms with Crippen LogP contribution >= 0.6 is 0 Å². The van der Waals surface area contributed by atoms with Gasteiger partial charge in [0.05, 0.1) is 0 Å². The maximum atomic E-state index is 5.76. The summed E-state index contributed by atoms with van der Waals surface area (Å²) in [6.07, 6.45) is 5.26. The van der Waals surface area contributed by atoms with Gasteiger partial charge in [-0.15, -0.1) is 6.42 Å². The molecule has 0 atom stereocenters. The van der Waals surface area contributed by atoms with Crippen LogP contribution in [-0.2, 0) is 0 Å². The highest BCUT2D eigenvalue weighted by atomic mass is 14.6. The molecule has 0 saturated carbocycles. The van der Waals surface area contributed by atoms with Gasteiger partial charge in [-0.1, -0.05) is 12.0 Å². The quantitative estimate of drug-likeness (QED) is 0.437. The lowest BCUT2D eigenvalue weighted by atomic mass is 10.0. The molecule has 56 valence electrons. The van der Waals surface area contributed by atoms with Crippen molar-refractivity contribution in [3.8, 4) is 12.3 Å². The monoisotopic (exact) mass is 145 g/mol. The van der Waals surface area contributed by atoms with Gasteiger partial charge in [-0.05, 0) is 31.0 Å². The van der Waals surface area contributed by atoms with Gasteiger partial charge in [0, 0.05) is 11.3 Å². The van der Waals surface area contributed by atoms with Crippen LogP contribution in [0.15, 0.2) is 12.1 Å². The van der Waals surface area contributed by atoms with Crippen LogP contribution in [0.1, 0.15) is 16.7 Å². The molecule has 0 saturated heterocycles. The first-order chi connectivity index (χ1) is 5.16. The van der Waals surface area contributed by atoms with E-state index in [1.54, 1.807) is 0 Å². The van der Waals surface area contributed by atoms with Gasteiger partial charge >= 0.3 is 0 Å². The Morgan fingerprint density at radius 3 is 2.55 bits per heavy atom. The van der Waals surface area contributed by atoms with E-state index in [0.29, 0.717) is 0 Å². The molecule has 2 N–H and O–H groups in total. The summed E-state index contributed by atoms with van der Waals surface area (Å²) in [5, 5.41) is 0. The second-order valence-corrected chi connectivity index (χ2v) is 2.61. The van der Waals surface area contributed by atoms with Gasteiger partial charge in [-0.2, -0.15) is 0 Å². The maximum Gasteiger partial charge on any atom is 0.0385 e. The van der Waals surface area contributed by atoms with Crippen LogP contribution in [0.3, 0.4) is 0 Å². The van der Waals surface area contributed by atoms with Gasteiger partial charge in [0.2, 0.25) is 0 Å². The van der Waals surface area contributed by atoms with Crippen LogP contribution < -0.4 is 5.73 Å². The second kappa shape index (κ2) is 2.67. The molecule has 0 aromatic heterocycles. The molecule has 1 rings (SSSR count). The van der Waals surface area contributed by atoms with Crippen molar-refractivity contribution in [2.75, 3.05) is 5.73 Å². The van der Waals surface area contributed by atoms with Gasteiger partial charge in [-0.25, -0.2) is 0 Å². The third-order valence-electron chi connectivity index (χ3n) is 1.89.